The van der Waals surface area contributed by atoms with Crippen LogP contribution in [0.1, 0.15) is 63.1 Å². The molecule has 1 N–H and O–H groups in total. The molecule has 0 amide bonds. The molecule has 0 bridgehead atoms. The summed E-state index contributed by atoms with van der Waals surface area (Å²) in [6.07, 6.45) is 6.90. The van der Waals surface area contributed by atoms with Crippen molar-refractivity contribution in [1.29, 1.82) is 0 Å². The molecule has 20 heavy (non-hydrogen) atoms. The highest BCUT2D eigenvalue weighted by Crippen LogP contribution is 2.36. The van der Waals surface area contributed by atoms with Crippen molar-refractivity contribution >= 4 is 11.8 Å². The molecule has 2 rings (SSSR count). The number of aryl methyl sites for hydroxylation is 1. The molecular weight excluding hydrogens is 262 g/mol. The van der Waals surface area contributed by atoms with Gasteiger partial charge in [-0.1, -0.05) is 56.5 Å². The normalized spacial score (nSPS) is 19.1. The molecule has 2 atom stereocenters. The van der Waals surface area contributed by atoms with Crippen molar-refractivity contribution in [1.82, 2.24) is 5.32 Å². The predicted molar refractivity (Wildman–Crippen MR) is 91.5 cm³/mol. The average Bonchev–Trinajstić information content (AvgIpc) is 2.94. The van der Waals surface area contributed by atoms with E-state index in [1.165, 1.54) is 43.2 Å². The van der Waals surface area contributed by atoms with E-state index < -0.39 is 0 Å². The number of thioether (sulfide) groups is 1. The molecule has 1 aromatic rings. The van der Waals surface area contributed by atoms with Crippen LogP contribution in [0.25, 0.3) is 0 Å². The van der Waals surface area contributed by atoms with Gasteiger partial charge in [0, 0.05) is 16.5 Å². The molecule has 1 aromatic carbocycles. The lowest BCUT2D eigenvalue weighted by atomic mass is 10.0. The van der Waals surface area contributed by atoms with Gasteiger partial charge in [0.25, 0.3) is 0 Å². The quantitative estimate of drug-likeness (QED) is 0.750. The fraction of sp³-hybridized carbons (Fsp3) is 0.667. The topological polar surface area (TPSA) is 12.0 Å². The minimum absolute atomic E-state index is 0.487. The molecule has 0 aliphatic heterocycles. The maximum atomic E-state index is 3.76. The van der Waals surface area contributed by atoms with E-state index in [1.807, 2.05) is 0 Å². The van der Waals surface area contributed by atoms with Crippen molar-refractivity contribution in [3.8, 4) is 0 Å². The van der Waals surface area contributed by atoms with Crippen molar-refractivity contribution in [2.24, 2.45) is 0 Å². The first-order chi connectivity index (χ1) is 9.70. The monoisotopic (exact) mass is 291 g/mol. The standard InChI is InChI=1S/C18H29NS/c1-4-13-19-18(16-11-9-14(2)10-12-16)15(3)20-17-7-5-6-8-17/h9-12,15,17-19H,4-8,13H2,1-3H3. The molecule has 1 aliphatic rings. The smallest absolute Gasteiger partial charge is 0.0438 e. The van der Waals surface area contributed by atoms with Crippen LogP contribution in [0, 0.1) is 6.92 Å². The molecule has 1 aliphatic carbocycles. The van der Waals surface area contributed by atoms with E-state index >= 15 is 0 Å². The summed E-state index contributed by atoms with van der Waals surface area (Å²) in [4.78, 5) is 0. The number of benzene rings is 1. The van der Waals surface area contributed by atoms with Gasteiger partial charge in [0.15, 0.2) is 0 Å². The van der Waals surface area contributed by atoms with Gasteiger partial charge in [-0.3, -0.25) is 0 Å². The molecule has 1 fully saturated rings. The minimum Gasteiger partial charge on any atom is -0.309 e. The van der Waals surface area contributed by atoms with Crippen LogP contribution >= 0.6 is 11.8 Å². The van der Waals surface area contributed by atoms with Crippen molar-refractivity contribution in [3.05, 3.63) is 35.4 Å². The first-order valence-corrected chi connectivity index (χ1v) is 9.10. The fourth-order valence-corrected chi connectivity index (χ4v) is 4.66. The van der Waals surface area contributed by atoms with E-state index in [-0.39, 0.29) is 0 Å². The van der Waals surface area contributed by atoms with Gasteiger partial charge in [0.1, 0.15) is 0 Å². The van der Waals surface area contributed by atoms with Crippen molar-refractivity contribution in [3.63, 3.8) is 0 Å². The fourth-order valence-electron chi connectivity index (χ4n) is 3.04. The molecule has 2 heteroatoms. The van der Waals surface area contributed by atoms with Crippen LogP contribution in [0.5, 0.6) is 0 Å². The van der Waals surface area contributed by atoms with Gasteiger partial charge in [-0.2, -0.15) is 11.8 Å². The Morgan fingerprint density at radius 2 is 1.85 bits per heavy atom. The second-order valence-electron chi connectivity index (χ2n) is 6.09. The van der Waals surface area contributed by atoms with Crippen LogP contribution in [-0.2, 0) is 0 Å². The molecule has 0 saturated heterocycles. The van der Waals surface area contributed by atoms with Crippen LogP contribution in [-0.4, -0.2) is 17.0 Å². The third kappa shape index (κ3) is 4.53. The van der Waals surface area contributed by atoms with Crippen LogP contribution in [0.3, 0.4) is 0 Å². The lowest BCUT2D eigenvalue weighted by Gasteiger charge is -2.27. The maximum Gasteiger partial charge on any atom is 0.0438 e. The molecule has 0 radical (unpaired) electrons. The molecule has 1 nitrogen and oxygen atoms in total. The minimum atomic E-state index is 0.487. The second kappa shape index (κ2) is 8.09. The van der Waals surface area contributed by atoms with Gasteiger partial charge >= 0.3 is 0 Å². The number of hydrogen-bond donors (Lipinski definition) is 1. The third-order valence-electron chi connectivity index (χ3n) is 4.23. The second-order valence-corrected chi connectivity index (χ2v) is 7.77. The highest BCUT2D eigenvalue weighted by Gasteiger charge is 2.24. The Morgan fingerprint density at radius 3 is 2.45 bits per heavy atom. The lowest BCUT2D eigenvalue weighted by Crippen LogP contribution is -2.30. The highest BCUT2D eigenvalue weighted by atomic mass is 32.2. The van der Waals surface area contributed by atoms with Gasteiger partial charge in [-0.05, 0) is 38.3 Å². The van der Waals surface area contributed by atoms with Crippen molar-refractivity contribution in [2.75, 3.05) is 6.54 Å². The lowest BCUT2D eigenvalue weighted by molar-refractivity contribution is 0.526. The Bertz CT molecular complexity index is 381. The van der Waals surface area contributed by atoms with E-state index in [2.05, 4.69) is 62.1 Å². The number of nitrogens with one attached hydrogen (secondary N) is 1. The molecule has 2 unspecified atom stereocenters. The number of rotatable bonds is 7. The van der Waals surface area contributed by atoms with E-state index in [9.17, 15) is 0 Å². The summed E-state index contributed by atoms with van der Waals surface area (Å²) in [7, 11) is 0. The van der Waals surface area contributed by atoms with Gasteiger partial charge < -0.3 is 5.32 Å². The summed E-state index contributed by atoms with van der Waals surface area (Å²) in [5, 5.41) is 5.29. The highest BCUT2D eigenvalue weighted by molar-refractivity contribution is 8.00. The van der Waals surface area contributed by atoms with Crippen LogP contribution in [0.2, 0.25) is 0 Å². The van der Waals surface area contributed by atoms with E-state index in [1.54, 1.807) is 0 Å². The molecule has 0 heterocycles. The first-order valence-electron chi connectivity index (χ1n) is 8.16. The van der Waals surface area contributed by atoms with Crippen LogP contribution in [0.4, 0.5) is 0 Å². The van der Waals surface area contributed by atoms with Crippen LogP contribution in [0.15, 0.2) is 24.3 Å². The Kier molecular flexibility index (Phi) is 6.44. The first kappa shape index (κ1) is 15.9. The van der Waals surface area contributed by atoms with E-state index in [4.69, 9.17) is 0 Å². The molecule has 1 saturated carbocycles. The zero-order chi connectivity index (χ0) is 14.4. The van der Waals surface area contributed by atoms with E-state index in [0.717, 1.165) is 11.8 Å². The Hall–Kier alpha value is -0.470. The average molecular weight is 292 g/mol. The summed E-state index contributed by atoms with van der Waals surface area (Å²) in [5.41, 5.74) is 2.79. The van der Waals surface area contributed by atoms with Gasteiger partial charge in [0.2, 0.25) is 0 Å². The summed E-state index contributed by atoms with van der Waals surface area (Å²) in [6.45, 7) is 7.91. The zero-order valence-corrected chi connectivity index (χ0v) is 14.0. The predicted octanol–water partition coefficient (Wildman–Crippen LogP) is 5.10. The maximum absolute atomic E-state index is 3.76. The third-order valence-corrected chi connectivity index (χ3v) is 5.79. The Balaban J connectivity index is 2.02. The Morgan fingerprint density at radius 1 is 1.20 bits per heavy atom. The summed E-state index contributed by atoms with van der Waals surface area (Å²) >= 11 is 2.20. The molecular formula is C18H29NS. The van der Waals surface area contributed by atoms with Gasteiger partial charge in [-0.15, -0.1) is 0 Å². The summed E-state index contributed by atoms with van der Waals surface area (Å²) in [5.74, 6) is 0. The number of hydrogen-bond acceptors (Lipinski definition) is 2. The molecule has 0 aromatic heterocycles. The van der Waals surface area contributed by atoms with Gasteiger partial charge in [0.05, 0.1) is 0 Å². The summed E-state index contributed by atoms with van der Waals surface area (Å²) < 4.78 is 0. The molecule has 112 valence electrons. The van der Waals surface area contributed by atoms with Gasteiger partial charge in [-0.25, -0.2) is 0 Å². The van der Waals surface area contributed by atoms with E-state index in [0.29, 0.717) is 11.3 Å². The zero-order valence-electron chi connectivity index (χ0n) is 13.2. The molecule has 0 spiro atoms. The van der Waals surface area contributed by atoms with Crippen molar-refractivity contribution < 1.29 is 0 Å². The summed E-state index contributed by atoms with van der Waals surface area (Å²) in [6, 6.07) is 9.57. The van der Waals surface area contributed by atoms with Crippen molar-refractivity contribution in [2.45, 2.75) is 69.4 Å². The Labute approximate surface area is 128 Å². The SMILES string of the molecule is CCCNC(c1ccc(C)cc1)C(C)SC1CCCC1. The van der Waals surface area contributed by atoms with Crippen LogP contribution < -0.4 is 5.32 Å². The largest absolute Gasteiger partial charge is 0.309 e.